The number of carboxylic acids is 4. The molecule has 111 heavy (non-hydrogen) atoms. The van der Waals surface area contributed by atoms with Crippen molar-refractivity contribution in [1.29, 1.82) is 0 Å². The number of halogens is 2. The molecule has 1 atom stereocenters. The van der Waals surface area contributed by atoms with Gasteiger partial charge >= 0.3 is 23.9 Å². The van der Waals surface area contributed by atoms with Gasteiger partial charge in [0.1, 0.15) is 53.8 Å². The van der Waals surface area contributed by atoms with E-state index in [4.69, 9.17) is 27.9 Å². The fourth-order valence-electron chi connectivity index (χ4n) is 11.6. The monoisotopic (exact) mass is 1600 g/mol. The number of rotatable bonds is 27. The van der Waals surface area contributed by atoms with Crippen LogP contribution in [-0.4, -0.2) is 80.1 Å². The van der Waals surface area contributed by atoms with Crippen molar-refractivity contribution in [3.8, 4) is 56.0 Å². The minimum Gasteiger partial charge on any atom is -0.508 e. The molecule has 0 fully saturated rings. The lowest BCUT2D eigenvalue weighted by molar-refractivity contribution is -0.123. The Labute approximate surface area is 668 Å². The van der Waals surface area contributed by atoms with Gasteiger partial charge in [0.25, 0.3) is 0 Å². The van der Waals surface area contributed by atoms with Crippen LogP contribution in [0, 0.1) is 11.3 Å². The predicted molar refractivity (Wildman–Crippen MR) is 446 cm³/mol. The fourth-order valence-corrected chi connectivity index (χ4v) is 15.8. The number of phenols is 1. The van der Waals surface area contributed by atoms with Crippen molar-refractivity contribution in [3.05, 3.63) is 294 Å². The van der Waals surface area contributed by atoms with Gasteiger partial charge < -0.3 is 51.5 Å². The molecule has 0 bridgehead atoms. The maximum absolute atomic E-state index is 13.2. The molecule has 0 aliphatic heterocycles. The van der Waals surface area contributed by atoms with E-state index in [1.54, 1.807) is 114 Å². The number of carboxylic acid groups (broad SMARTS) is 4. The van der Waals surface area contributed by atoms with E-state index in [1.165, 1.54) is 63.0 Å². The molecule has 0 aliphatic carbocycles. The lowest BCUT2D eigenvalue weighted by Crippen LogP contribution is -2.35. The van der Waals surface area contributed by atoms with Crippen LogP contribution in [0.25, 0.3) is 44.5 Å². The zero-order chi connectivity index (χ0) is 79.6. The van der Waals surface area contributed by atoms with Gasteiger partial charge in [0.05, 0.1) is 7.11 Å². The highest BCUT2D eigenvalue weighted by Crippen LogP contribution is 2.42. The summed E-state index contributed by atoms with van der Waals surface area (Å²) in [7, 11) is 1.57. The Morgan fingerprint density at radius 3 is 1.00 bits per heavy atom. The summed E-state index contributed by atoms with van der Waals surface area (Å²) in [6.45, 7) is 6.06. The molecule has 12 rings (SSSR count). The van der Waals surface area contributed by atoms with E-state index in [0.717, 1.165) is 52.6 Å². The summed E-state index contributed by atoms with van der Waals surface area (Å²) in [6, 6.07) is 66.7. The number of nitrogens with one attached hydrogen (secondary N) is 4. The van der Waals surface area contributed by atoms with Gasteiger partial charge in [-0.25, -0.2) is 19.2 Å². The molecule has 9 N–H and O–H groups in total. The average molecular weight is 1600 g/mol. The van der Waals surface area contributed by atoms with Gasteiger partial charge in [-0.1, -0.05) is 214 Å². The van der Waals surface area contributed by atoms with Gasteiger partial charge in [-0.15, -0.1) is 45.3 Å². The number of hydrogen-bond acceptors (Lipinski definition) is 14. The number of aryl methyl sites for hydroxylation is 3. The Hall–Kier alpha value is -11.5. The Morgan fingerprint density at radius 1 is 0.378 bits per heavy atom. The largest absolute Gasteiger partial charge is 0.508 e. The highest BCUT2D eigenvalue weighted by Gasteiger charge is 2.33. The number of methoxy groups -OCH3 is 1. The second kappa shape index (κ2) is 40.8. The first-order valence-corrected chi connectivity index (χ1v) is 39.3. The van der Waals surface area contributed by atoms with Gasteiger partial charge in [-0.05, 0) is 137 Å². The molecule has 0 radical (unpaired) electrons. The third-order valence-electron chi connectivity index (χ3n) is 17.5. The third-order valence-corrected chi connectivity index (χ3v) is 21.6. The Kier molecular flexibility index (Phi) is 30.7. The van der Waals surface area contributed by atoms with Crippen LogP contribution in [0.2, 0.25) is 10.0 Å². The van der Waals surface area contributed by atoms with Gasteiger partial charge in [-0.2, -0.15) is 0 Å². The molecule has 0 saturated heterocycles. The number of carbonyl (C=O) groups is 8. The van der Waals surface area contributed by atoms with E-state index in [9.17, 15) is 63.9 Å². The number of ether oxygens (including phenoxy) is 1. The van der Waals surface area contributed by atoms with Crippen LogP contribution in [-0.2, 0) is 44.9 Å². The average Bonchev–Trinajstić information content (AvgIpc) is 1.70. The molecule has 4 aromatic heterocycles. The zero-order valence-electron chi connectivity index (χ0n) is 60.8. The van der Waals surface area contributed by atoms with Crippen molar-refractivity contribution in [2.75, 3.05) is 28.4 Å². The summed E-state index contributed by atoms with van der Waals surface area (Å²) in [4.78, 5) is 97.3. The summed E-state index contributed by atoms with van der Waals surface area (Å²) in [5.74, 6) is -4.61. The molecule has 12 aromatic rings. The molecule has 0 spiro atoms. The molecule has 0 aliphatic rings. The molecule has 8 aromatic carbocycles. The number of unbranched alkanes of at least 4 members (excludes halogenated alkanes) is 1. The molecule has 4 heterocycles. The number of amides is 4. The van der Waals surface area contributed by atoms with Crippen molar-refractivity contribution in [3.63, 3.8) is 0 Å². The van der Waals surface area contributed by atoms with Gasteiger partial charge in [0.2, 0.25) is 23.6 Å². The molecule has 4 amide bonds. The summed E-state index contributed by atoms with van der Waals surface area (Å²) in [5.41, 5.74) is 9.69. The number of hydrogen-bond donors (Lipinski definition) is 9. The molecule has 570 valence electrons. The number of carbonyl (C=O) groups excluding carboxylic acids is 4. The number of benzene rings is 8. The van der Waals surface area contributed by atoms with Crippen LogP contribution in [0.5, 0.6) is 11.5 Å². The van der Waals surface area contributed by atoms with E-state index in [1.807, 2.05) is 130 Å². The van der Waals surface area contributed by atoms with Crippen LogP contribution in [0.15, 0.2) is 240 Å². The minimum atomic E-state index is -1.10. The van der Waals surface area contributed by atoms with E-state index in [-0.39, 0.29) is 69.4 Å². The lowest BCUT2D eigenvalue weighted by Gasteiger charge is -2.29. The summed E-state index contributed by atoms with van der Waals surface area (Å²) in [5, 5.41) is 68.7. The molecular weight excluding hydrogens is 1520 g/mol. The fraction of sp³-hybridized carbons (Fsp3) is 0.172. The van der Waals surface area contributed by atoms with Gasteiger partial charge in [0, 0.05) is 79.0 Å². The molecular formula is C87H80Cl2N4O14S4. The summed E-state index contributed by atoms with van der Waals surface area (Å²) < 4.78 is 5.13. The first-order valence-electron chi connectivity index (χ1n) is 35.0. The zero-order valence-corrected chi connectivity index (χ0v) is 65.6. The Balaban J connectivity index is 0.000000170. The highest BCUT2D eigenvalue weighted by molar-refractivity contribution is 7.16. The minimum absolute atomic E-state index is 0.0637. The molecule has 1 unspecified atom stereocenters. The Morgan fingerprint density at radius 2 is 0.676 bits per heavy atom. The van der Waals surface area contributed by atoms with Crippen LogP contribution < -0.4 is 26.0 Å². The lowest BCUT2D eigenvalue weighted by atomic mass is 9.76. The smallest absolute Gasteiger partial charge is 0.339 e. The summed E-state index contributed by atoms with van der Waals surface area (Å²) >= 11 is 16.7. The van der Waals surface area contributed by atoms with Crippen molar-refractivity contribution >= 4 is 136 Å². The number of aromatic carboxylic acids is 4. The van der Waals surface area contributed by atoms with Crippen molar-refractivity contribution in [2.24, 2.45) is 11.3 Å². The maximum atomic E-state index is 13.2. The standard InChI is InChI=1S/C24H24ClNO3S.C22H20ClNO3S.C21H19NO4S.C20H17NO4S/c1-24(2,3)19(13-15-7-5-4-6-8-15)21(27)26-22-20(23(28)29)18(14-30-22)16-9-11-17(25)12-10-16;23-17-12-10-16(11-13-17)18-14-28-21(20(18)22(26)27)24-19(25)9-5-4-8-15-6-2-1-3-7-15;1-26-16-10-8-15(9-11-16)17-13-27-20(19(17)21(24)25)22-18(23)12-7-14-5-3-2-4-6-14;22-15-9-7-14(8-10-15)16-12-26-19(18(16)20(24)25)21-17(23)11-6-13-4-2-1-3-5-13/h4-12,14,19H,13H2,1-3H3,(H,26,27)(H,28,29);1-3,6-7,10-14H,4-5,8-9H2,(H,24,25)(H,26,27);2-6,8-11,13H,7,12H2,1H3,(H,22,23)(H,24,25);1-5,7-10,12,22H,6,11H2,(H,21,23)(H,24,25). The third kappa shape index (κ3) is 24.5. The van der Waals surface area contributed by atoms with Gasteiger partial charge in [-0.3, -0.25) is 19.2 Å². The second-order valence-corrected chi connectivity index (χ2v) is 30.7. The summed E-state index contributed by atoms with van der Waals surface area (Å²) in [6.07, 6.45) is 5.27. The van der Waals surface area contributed by atoms with Crippen LogP contribution >= 0.6 is 68.5 Å². The van der Waals surface area contributed by atoms with E-state index >= 15 is 0 Å². The Bertz CT molecular complexity index is 5130. The van der Waals surface area contributed by atoms with E-state index in [2.05, 4.69) is 33.4 Å². The SMILES string of the molecule is CC(C)(C)C(Cc1ccccc1)C(=O)Nc1scc(-c2ccc(Cl)cc2)c1C(=O)O.COc1ccc(-c2csc(NC(=O)CCc3ccccc3)c2C(=O)O)cc1.O=C(CCCCc1ccccc1)Nc1scc(-c2ccc(Cl)cc2)c1C(=O)O.O=C(CCc1ccccc1)Nc1scc(-c2ccc(O)cc2)c1C(=O)O. The topological polar surface area (TPSA) is 295 Å². The van der Waals surface area contributed by atoms with Crippen LogP contribution in [0.3, 0.4) is 0 Å². The van der Waals surface area contributed by atoms with E-state index in [0.29, 0.717) is 95.7 Å². The van der Waals surface area contributed by atoms with Crippen molar-refractivity contribution < 1.29 is 68.6 Å². The number of aromatic hydroxyl groups is 1. The first-order chi connectivity index (χ1) is 53.3. The molecule has 24 heteroatoms. The number of thiophene rings is 4. The number of phenolic OH excluding ortho intramolecular Hbond substituents is 1. The van der Waals surface area contributed by atoms with Gasteiger partial charge in [0.15, 0.2) is 0 Å². The van der Waals surface area contributed by atoms with Crippen molar-refractivity contribution in [2.45, 2.75) is 78.6 Å². The second-order valence-electron chi connectivity index (χ2n) is 26.3. The van der Waals surface area contributed by atoms with Crippen LogP contribution in [0.1, 0.15) is 117 Å². The first kappa shape index (κ1) is 83.5. The van der Waals surface area contributed by atoms with Crippen molar-refractivity contribution in [1.82, 2.24) is 0 Å². The quantitative estimate of drug-likeness (QED) is 0.0216. The predicted octanol–water partition coefficient (Wildman–Crippen LogP) is 21.8. The highest BCUT2D eigenvalue weighted by atomic mass is 35.5. The van der Waals surface area contributed by atoms with E-state index < -0.39 is 23.9 Å². The molecule has 0 saturated carbocycles. The number of anilines is 4. The van der Waals surface area contributed by atoms with Crippen LogP contribution in [0.4, 0.5) is 20.0 Å². The maximum Gasteiger partial charge on any atom is 0.339 e. The molecule has 18 nitrogen and oxygen atoms in total. The normalized spacial score (nSPS) is 11.0.